The van der Waals surface area contributed by atoms with Gasteiger partial charge in [0.2, 0.25) is 0 Å². The summed E-state index contributed by atoms with van der Waals surface area (Å²) >= 11 is 1.62. The quantitative estimate of drug-likeness (QED) is 0.804. The van der Waals surface area contributed by atoms with Gasteiger partial charge in [-0.1, -0.05) is 0 Å². The molecule has 2 unspecified atom stereocenters. The largest absolute Gasteiger partial charge is 0.375 e. The predicted molar refractivity (Wildman–Crippen MR) is 66.3 cm³/mol. The van der Waals surface area contributed by atoms with Crippen LogP contribution in [0.3, 0.4) is 0 Å². The number of nitrogens with zero attached hydrogens (tertiary/aromatic N) is 2. The van der Waals surface area contributed by atoms with Crippen LogP contribution in [0.4, 0.5) is 5.13 Å². The zero-order valence-corrected chi connectivity index (χ0v) is 10.2. The molecule has 88 valence electrons. The summed E-state index contributed by atoms with van der Waals surface area (Å²) in [4.78, 5) is 8.02. The molecule has 1 aromatic heterocycles. The summed E-state index contributed by atoms with van der Waals surface area (Å²) in [6.07, 6.45) is 4.65. The summed E-state index contributed by atoms with van der Waals surface area (Å²) in [5, 5.41) is 4.24. The van der Waals surface area contributed by atoms with Gasteiger partial charge in [0.15, 0.2) is 5.13 Å². The molecule has 0 aliphatic carbocycles. The van der Waals surface area contributed by atoms with Gasteiger partial charge in [0, 0.05) is 36.8 Å². The molecule has 3 N–H and O–H groups in total. The van der Waals surface area contributed by atoms with Gasteiger partial charge in [-0.2, -0.15) is 0 Å². The average molecular weight is 238 g/mol. The van der Waals surface area contributed by atoms with Crippen LogP contribution in [0.2, 0.25) is 0 Å². The number of aromatic nitrogens is 1. The lowest BCUT2D eigenvalue weighted by Gasteiger charge is -2.35. The van der Waals surface area contributed by atoms with E-state index in [1.807, 2.05) is 6.20 Å². The molecule has 4 rings (SSSR count). The lowest BCUT2D eigenvalue weighted by atomic mass is 9.95. The van der Waals surface area contributed by atoms with E-state index in [0.29, 0.717) is 11.2 Å². The highest BCUT2D eigenvalue weighted by molar-refractivity contribution is 7.15. The Morgan fingerprint density at radius 2 is 2.44 bits per heavy atom. The van der Waals surface area contributed by atoms with Crippen molar-refractivity contribution >= 4 is 16.5 Å². The van der Waals surface area contributed by atoms with Crippen molar-refractivity contribution in [1.82, 2.24) is 15.2 Å². The maximum Gasteiger partial charge on any atom is 0.180 e. The minimum absolute atomic E-state index is 0.688. The molecule has 1 aromatic rings. The van der Waals surface area contributed by atoms with Crippen molar-refractivity contribution in [1.29, 1.82) is 0 Å². The van der Waals surface area contributed by atoms with E-state index in [0.717, 1.165) is 19.0 Å². The summed E-state index contributed by atoms with van der Waals surface area (Å²) in [6.45, 7) is 4.59. The second kappa shape index (κ2) is 4.31. The van der Waals surface area contributed by atoms with E-state index in [4.69, 9.17) is 5.73 Å². The predicted octanol–water partition coefficient (Wildman–Crippen LogP) is 0.909. The summed E-state index contributed by atoms with van der Waals surface area (Å²) in [6, 6.07) is 0.710. The fourth-order valence-electron chi connectivity index (χ4n) is 2.82. The molecule has 4 heterocycles. The van der Waals surface area contributed by atoms with Crippen molar-refractivity contribution in [3.05, 3.63) is 11.1 Å². The minimum Gasteiger partial charge on any atom is -0.375 e. The molecule has 2 bridgehead atoms. The van der Waals surface area contributed by atoms with Crippen LogP contribution in [0.15, 0.2) is 6.20 Å². The molecule has 2 atom stereocenters. The summed E-state index contributed by atoms with van der Waals surface area (Å²) in [5.41, 5.74) is 5.67. The number of thiazole rings is 1. The van der Waals surface area contributed by atoms with Crippen LogP contribution in [0.1, 0.15) is 17.7 Å². The first-order valence-corrected chi connectivity index (χ1v) is 6.78. The Morgan fingerprint density at radius 3 is 3.25 bits per heavy atom. The van der Waals surface area contributed by atoms with E-state index in [1.165, 1.54) is 30.8 Å². The number of hydrogen-bond donors (Lipinski definition) is 2. The Kier molecular flexibility index (Phi) is 2.83. The molecular weight excluding hydrogens is 220 g/mol. The first kappa shape index (κ1) is 10.5. The zero-order valence-electron chi connectivity index (χ0n) is 9.35. The molecule has 0 spiro atoms. The van der Waals surface area contributed by atoms with Gasteiger partial charge in [-0.25, -0.2) is 4.98 Å². The first-order valence-electron chi connectivity index (χ1n) is 5.96. The molecular formula is C11H18N4S. The normalized spacial score (nSPS) is 30.5. The van der Waals surface area contributed by atoms with Crippen LogP contribution in [-0.2, 0) is 6.54 Å². The van der Waals surface area contributed by atoms with E-state index in [9.17, 15) is 0 Å². The van der Waals surface area contributed by atoms with E-state index >= 15 is 0 Å². The van der Waals surface area contributed by atoms with Crippen molar-refractivity contribution < 1.29 is 0 Å². The minimum atomic E-state index is 0.688. The highest BCUT2D eigenvalue weighted by atomic mass is 32.1. The van der Waals surface area contributed by atoms with Gasteiger partial charge < -0.3 is 11.1 Å². The molecule has 0 radical (unpaired) electrons. The fourth-order valence-corrected chi connectivity index (χ4v) is 3.53. The second-order valence-electron chi connectivity index (χ2n) is 4.85. The van der Waals surface area contributed by atoms with Crippen molar-refractivity contribution in [3.8, 4) is 0 Å². The molecule has 4 nitrogen and oxygen atoms in total. The fraction of sp³-hybridized carbons (Fsp3) is 0.727. The number of nitrogen functional groups attached to an aromatic ring is 1. The zero-order chi connectivity index (χ0) is 11.0. The van der Waals surface area contributed by atoms with Crippen LogP contribution in [-0.4, -0.2) is 35.6 Å². The van der Waals surface area contributed by atoms with E-state index < -0.39 is 0 Å². The molecule has 0 saturated carbocycles. The number of rotatable bonds is 2. The third kappa shape index (κ3) is 2.07. The second-order valence-corrected chi connectivity index (χ2v) is 6.00. The van der Waals surface area contributed by atoms with Gasteiger partial charge in [0.05, 0.1) is 0 Å². The van der Waals surface area contributed by atoms with Gasteiger partial charge in [-0.05, 0) is 25.3 Å². The Labute approximate surface area is 99.8 Å². The van der Waals surface area contributed by atoms with Crippen molar-refractivity contribution in [2.24, 2.45) is 5.92 Å². The number of piperidine rings is 1. The van der Waals surface area contributed by atoms with Gasteiger partial charge >= 0.3 is 0 Å². The van der Waals surface area contributed by atoms with Gasteiger partial charge in [-0.3, -0.25) is 4.90 Å². The number of nitrogens with two attached hydrogens (primary N) is 1. The highest BCUT2D eigenvalue weighted by Crippen LogP contribution is 2.27. The van der Waals surface area contributed by atoms with Crippen LogP contribution in [0, 0.1) is 5.92 Å². The Bertz CT molecular complexity index is 361. The van der Waals surface area contributed by atoms with Gasteiger partial charge in [0.25, 0.3) is 0 Å². The smallest absolute Gasteiger partial charge is 0.180 e. The third-order valence-corrected chi connectivity index (χ3v) is 4.47. The molecule has 3 aliphatic rings. The molecule has 5 heteroatoms. The Hall–Kier alpha value is -0.650. The van der Waals surface area contributed by atoms with Gasteiger partial charge in [0.1, 0.15) is 0 Å². The maximum atomic E-state index is 5.67. The van der Waals surface area contributed by atoms with Crippen molar-refractivity contribution in [2.45, 2.75) is 25.4 Å². The molecule has 0 aromatic carbocycles. The van der Waals surface area contributed by atoms with Crippen molar-refractivity contribution in [3.63, 3.8) is 0 Å². The first-order chi connectivity index (χ1) is 7.81. The van der Waals surface area contributed by atoms with Crippen LogP contribution in [0.25, 0.3) is 0 Å². The van der Waals surface area contributed by atoms with Crippen LogP contribution >= 0.6 is 11.3 Å². The molecule has 16 heavy (non-hydrogen) atoms. The lowest BCUT2D eigenvalue weighted by Crippen LogP contribution is -2.42. The van der Waals surface area contributed by atoms with E-state index in [1.54, 1.807) is 11.3 Å². The number of hydrogen-bond acceptors (Lipinski definition) is 5. The average Bonchev–Trinajstić information content (AvgIpc) is 2.52. The number of fused-ring (bicyclic) bond motifs is 4. The maximum absolute atomic E-state index is 5.67. The standard InChI is InChI=1S/C11H18N4S/c12-11-14-5-10(16-11)7-15-6-8-1-2-9(15)4-13-3-8/h5,8-9,13H,1-4,6-7H2,(H2,12,14). The van der Waals surface area contributed by atoms with E-state index in [2.05, 4.69) is 15.2 Å². The number of nitrogens with one attached hydrogen (secondary N) is 1. The third-order valence-electron chi connectivity index (χ3n) is 3.66. The molecule has 0 amide bonds. The topological polar surface area (TPSA) is 54.2 Å². The SMILES string of the molecule is Nc1ncc(CN2CC3CCC2CNC3)s1. The summed E-state index contributed by atoms with van der Waals surface area (Å²) in [7, 11) is 0. The monoisotopic (exact) mass is 238 g/mol. The highest BCUT2D eigenvalue weighted by Gasteiger charge is 2.31. The molecule has 3 saturated heterocycles. The lowest BCUT2D eigenvalue weighted by molar-refractivity contribution is 0.127. The summed E-state index contributed by atoms with van der Waals surface area (Å²) < 4.78 is 0. The van der Waals surface area contributed by atoms with Gasteiger partial charge in [-0.15, -0.1) is 11.3 Å². The molecule has 3 aliphatic heterocycles. The van der Waals surface area contributed by atoms with E-state index in [-0.39, 0.29) is 0 Å². The summed E-state index contributed by atoms with van der Waals surface area (Å²) in [5.74, 6) is 0.837. The Balaban J connectivity index is 1.70. The number of anilines is 1. The Morgan fingerprint density at radius 1 is 1.50 bits per heavy atom. The van der Waals surface area contributed by atoms with Crippen molar-refractivity contribution in [2.75, 3.05) is 25.4 Å². The molecule has 3 fully saturated rings. The van der Waals surface area contributed by atoms with Crippen LogP contribution in [0.5, 0.6) is 0 Å². The van der Waals surface area contributed by atoms with Crippen LogP contribution < -0.4 is 11.1 Å².